The molecule has 26 heavy (non-hydrogen) atoms. The van der Waals surface area contributed by atoms with Crippen LogP contribution >= 0.6 is 11.3 Å². The zero-order chi connectivity index (χ0) is 18.8. The number of hydrogen-bond donors (Lipinski definition) is 2. The Bertz CT molecular complexity index is 872. The highest BCUT2D eigenvalue weighted by molar-refractivity contribution is 7.17. The highest BCUT2D eigenvalue weighted by atomic mass is 32.1. The number of amides is 3. The first-order chi connectivity index (χ1) is 12.4. The molecule has 1 aromatic heterocycles. The van der Waals surface area contributed by atoms with E-state index in [0.717, 1.165) is 28.8 Å². The number of esters is 1. The highest BCUT2D eigenvalue weighted by Crippen LogP contribution is 2.39. The Morgan fingerprint density at radius 1 is 1.15 bits per heavy atom. The number of ether oxygens (including phenoxy) is 1. The summed E-state index contributed by atoms with van der Waals surface area (Å²) in [5.41, 5.74) is 8.50. The van der Waals surface area contributed by atoms with Gasteiger partial charge in [-0.2, -0.15) is 0 Å². The lowest BCUT2D eigenvalue weighted by Crippen LogP contribution is -2.45. The number of nitrogens with two attached hydrogens (primary N) is 1. The molecule has 0 unspecified atom stereocenters. The third-order valence-electron chi connectivity index (χ3n) is 4.28. The van der Waals surface area contributed by atoms with Gasteiger partial charge in [-0.15, -0.1) is 11.3 Å². The van der Waals surface area contributed by atoms with Crippen LogP contribution in [0, 0.1) is 5.92 Å². The third kappa shape index (κ3) is 3.62. The molecule has 1 aliphatic carbocycles. The maximum Gasteiger partial charge on any atom is 0.349 e. The molecule has 0 aliphatic heterocycles. The van der Waals surface area contributed by atoms with Crippen LogP contribution in [0.25, 0.3) is 10.4 Å². The van der Waals surface area contributed by atoms with Gasteiger partial charge < -0.3 is 10.5 Å². The van der Waals surface area contributed by atoms with E-state index < -0.39 is 24.0 Å². The Morgan fingerprint density at radius 3 is 2.54 bits per heavy atom. The van der Waals surface area contributed by atoms with E-state index in [1.165, 1.54) is 16.9 Å². The molecule has 0 saturated carbocycles. The fraction of sp³-hybridized carbons (Fsp3) is 0.316. The number of carbonyl (C=O) groups is 3. The Labute approximate surface area is 155 Å². The van der Waals surface area contributed by atoms with Crippen molar-refractivity contribution in [3.8, 4) is 10.4 Å². The number of benzene rings is 1. The molecule has 0 spiro atoms. The van der Waals surface area contributed by atoms with E-state index in [2.05, 4.69) is 12.1 Å². The summed E-state index contributed by atoms with van der Waals surface area (Å²) in [7, 11) is 0. The molecule has 0 bridgehead atoms. The van der Waals surface area contributed by atoms with Crippen molar-refractivity contribution in [2.75, 3.05) is 0 Å². The van der Waals surface area contributed by atoms with Crippen LogP contribution in [0.5, 0.6) is 0 Å². The molecule has 136 valence electrons. The monoisotopic (exact) mass is 372 g/mol. The summed E-state index contributed by atoms with van der Waals surface area (Å²) in [5, 5.41) is 1.97. The predicted octanol–water partition coefficient (Wildman–Crippen LogP) is 2.89. The first kappa shape index (κ1) is 18.1. The molecule has 3 amide bonds. The molecular formula is C19H20N2O4S. The Morgan fingerprint density at radius 2 is 1.85 bits per heavy atom. The van der Waals surface area contributed by atoms with Crippen LogP contribution in [-0.2, 0) is 22.4 Å². The Hall–Kier alpha value is -2.67. The van der Waals surface area contributed by atoms with E-state index >= 15 is 0 Å². The summed E-state index contributed by atoms with van der Waals surface area (Å²) >= 11 is 1.37. The fourth-order valence-electron chi connectivity index (χ4n) is 3.03. The number of imide groups is 1. The van der Waals surface area contributed by atoms with Crippen molar-refractivity contribution in [2.45, 2.75) is 32.8 Å². The normalized spacial score (nSPS) is 13.5. The van der Waals surface area contributed by atoms with E-state index in [4.69, 9.17) is 10.5 Å². The number of urea groups is 1. The van der Waals surface area contributed by atoms with Crippen LogP contribution in [0.2, 0.25) is 0 Å². The lowest BCUT2D eigenvalue weighted by molar-refractivity contribution is -0.130. The third-order valence-corrected chi connectivity index (χ3v) is 5.47. The first-order valence-electron chi connectivity index (χ1n) is 8.39. The second-order valence-electron chi connectivity index (χ2n) is 6.55. The van der Waals surface area contributed by atoms with E-state index in [1.54, 1.807) is 13.8 Å². The summed E-state index contributed by atoms with van der Waals surface area (Å²) in [4.78, 5) is 37.0. The SMILES string of the molecule is CC(C)[C@H](OC(=O)c1cc2c(s1)-c1ccccc1CC2)C(=O)NC(N)=O. The van der Waals surface area contributed by atoms with Gasteiger partial charge in [-0.1, -0.05) is 38.1 Å². The van der Waals surface area contributed by atoms with E-state index in [9.17, 15) is 14.4 Å². The molecule has 0 radical (unpaired) electrons. The maximum absolute atomic E-state index is 12.6. The van der Waals surface area contributed by atoms with Crippen molar-refractivity contribution in [3.05, 3.63) is 46.3 Å². The highest BCUT2D eigenvalue weighted by Gasteiger charge is 2.29. The molecule has 2 aromatic rings. The number of primary amides is 1. The molecular weight excluding hydrogens is 352 g/mol. The number of aryl methyl sites for hydroxylation is 2. The zero-order valence-electron chi connectivity index (χ0n) is 14.6. The summed E-state index contributed by atoms with van der Waals surface area (Å²) in [6, 6.07) is 9.00. The molecule has 1 aromatic carbocycles. The lowest BCUT2D eigenvalue weighted by Gasteiger charge is -2.19. The van der Waals surface area contributed by atoms with Gasteiger partial charge in [0.25, 0.3) is 5.91 Å². The van der Waals surface area contributed by atoms with Gasteiger partial charge in [0.2, 0.25) is 0 Å². The van der Waals surface area contributed by atoms with Crippen molar-refractivity contribution in [2.24, 2.45) is 11.7 Å². The number of carbonyl (C=O) groups excluding carboxylic acids is 3. The zero-order valence-corrected chi connectivity index (χ0v) is 15.4. The predicted molar refractivity (Wildman–Crippen MR) is 98.9 cm³/mol. The number of thiophene rings is 1. The van der Waals surface area contributed by atoms with Crippen LogP contribution in [0.1, 0.15) is 34.6 Å². The van der Waals surface area contributed by atoms with Gasteiger partial charge >= 0.3 is 12.0 Å². The Balaban J connectivity index is 1.82. The lowest BCUT2D eigenvalue weighted by atomic mass is 9.91. The van der Waals surface area contributed by atoms with Crippen molar-refractivity contribution < 1.29 is 19.1 Å². The molecule has 3 N–H and O–H groups in total. The van der Waals surface area contributed by atoms with Crippen molar-refractivity contribution in [3.63, 3.8) is 0 Å². The maximum atomic E-state index is 12.6. The van der Waals surface area contributed by atoms with Crippen LogP contribution < -0.4 is 11.1 Å². The molecule has 1 heterocycles. The number of rotatable bonds is 4. The first-order valence-corrected chi connectivity index (χ1v) is 9.20. The summed E-state index contributed by atoms with van der Waals surface area (Å²) in [6.07, 6.45) is 0.719. The van der Waals surface area contributed by atoms with Crippen LogP contribution in [0.4, 0.5) is 4.79 Å². The van der Waals surface area contributed by atoms with Gasteiger partial charge in [-0.25, -0.2) is 9.59 Å². The second kappa shape index (κ2) is 7.29. The molecule has 0 fully saturated rings. The van der Waals surface area contributed by atoms with E-state index in [-0.39, 0.29) is 5.92 Å². The minimum absolute atomic E-state index is 0.298. The average Bonchev–Trinajstić information content (AvgIpc) is 3.03. The topological polar surface area (TPSA) is 98.5 Å². The number of fused-ring (bicyclic) bond motifs is 3. The quantitative estimate of drug-likeness (QED) is 0.806. The molecule has 0 saturated heterocycles. The second-order valence-corrected chi connectivity index (χ2v) is 7.60. The number of nitrogens with one attached hydrogen (secondary N) is 1. The molecule has 7 heteroatoms. The van der Waals surface area contributed by atoms with Gasteiger partial charge in [-0.3, -0.25) is 10.1 Å². The molecule has 1 aliphatic rings. The molecule has 1 atom stereocenters. The smallest absolute Gasteiger partial charge is 0.349 e. The fourth-order valence-corrected chi connectivity index (χ4v) is 4.18. The average molecular weight is 372 g/mol. The van der Waals surface area contributed by atoms with Crippen molar-refractivity contribution >= 4 is 29.2 Å². The van der Waals surface area contributed by atoms with Crippen molar-refractivity contribution in [1.29, 1.82) is 0 Å². The van der Waals surface area contributed by atoms with Gasteiger partial charge in [0.05, 0.1) is 0 Å². The van der Waals surface area contributed by atoms with Crippen LogP contribution in [0.15, 0.2) is 30.3 Å². The molecule has 3 rings (SSSR count). The van der Waals surface area contributed by atoms with E-state index in [0.29, 0.717) is 4.88 Å². The van der Waals surface area contributed by atoms with Gasteiger partial charge in [0.1, 0.15) is 4.88 Å². The minimum Gasteiger partial charge on any atom is -0.448 e. The molecule has 6 nitrogen and oxygen atoms in total. The van der Waals surface area contributed by atoms with E-state index in [1.807, 2.05) is 23.5 Å². The van der Waals surface area contributed by atoms with Crippen molar-refractivity contribution in [1.82, 2.24) is 5.32 Å². The summed E-state index contributed by atoms with van der Waals surface area (Å²) in [5.74, 6) is -1.58. The number of hydrogen-bond acceptors (Lipinski definition) is 5. The summed E-state index contributed by atoms with van der Waals surface area (Å²) < 4.78 is 5.38. The Kier molecular flexibility index (Phi) is 5.08. The van der Waals surface area contributed by atoms with Crippen LogP contribution in [-0.4, -0.2) is 24.0 Å². The largest absolute Gasteiger partial charge is 0.448 e. The summed E-state index contributed by atoms with van der Waals surface area (Å²) in [6.45, 7) is 3.46. The standard InChI is InChI=1S/C19H20N2O4S/c1-10(2)15(17(22)21-19(20)24)25-18(23)14-9-12-8-7-11-5-3-4-6-13(11)16(12)26-14/h3-6,9-10,15H,7-8H2,1-2H3,(H3,20,21,22,24)/t15-/m0/s1. The van der Waals surface area contributed by atoms with Crippen LogP contribution in [0.3, 0.4) is 0 Å². The van der Waals surface area contributed by atoms with Gasteiger partial charge in [-0.05, 0) is 41.5 Å². The van der Waals surface area contributed by atoms with Gasteiger partial charge in [0, 0.05) is 4.88 Å². The van der Waals surface area contributed by atoms with Gasteiger partial charge in [0.15, 0.2) is 6.10 Å². The minimum atomic E-state index is -1.08.